The fraction of sp³-hybridized carbons (Fsp3) is 0.154. The maximum atomic E-state index is 4.98. The van der Waals surface area contributed by atoms with E-state index in [9.17, 15) is 0 Å². The first-order chi connectivity index (χ1) is 20.3. The van der Waals surface area contributed by atoms with Crippen molar-refractivity contribution >= 4 is 0 Å². The van der Waals surface area contributed by atoms with E-state index in [0.29, 0.717) is 17.5 Å². The van der Waals surface area contributed by atoms with Crippen LogP contribution in [0, 0.1) is 0 Å². The van der Waals surface area contributed by atoms with Gasteiger partial charge in [0.05, 0.1) is 0 Å². The molecule has 0 saturated carbocycles. The van der Waals surface area contributed by atoms with Crippen LogP contribution in [0.15, 0.2) is 127 Å². The first-order valence-corrected chi connectivity index (χ1v) is 14.6. The Morgan fingerprint density at radius 3 is 1.45 bits per heavy atom. The van der Waals surface area contributed by atoms with Crippen molar-refractivity contribution in [2.75, 3.05) is 0 Å². The topological polar surface area (TPSA) is 38.7 Å². The van der Waals surface area contributed by atoms with Crippen molar-refractivity contribution in [3.8, 4) is 56.4 Å². The zero-order valence-corrected chi connectivity index (χ0v) is 24.5. The minimum absolute atomic E-state index is 0.0103. The number of rotatable bonds is 4. The second kappa shape index (κ2) is 9.88. The van der Waals surface area contributed by atoms with Crippen LogP contribution in [0.2, 0.25) is 0 Å². The molecule has 3 nitrogen and oxygen atoms in total. The highest BCUT2D eigenvalue weighted by molar-refractivity contribution is 5.91. The summed E-state index contributed by atoms with van der Waals surface area (Å²) in [7, 11) is 0. The molecule has 0 radical (unpaired) electrons. The van der Waals surface area contributed by atoms with Crippen LogP contribution in [0.4, 0.5) is 0 Å². The summed E-state index contributed by atoms with van der Waals surface area (Å²) in [4.78, 5) is 14.8. The number of hydrogen-bond donors (Lipinski definition) is 0. The second-order valence-electron chi connectivity index (χ2n) is 12.1. The molecule has 1 heterocycles. The molecule has 0 saturated heterocycles. The lowest BCUT2D eigenvalue weighted by Gasteiger charge is -2.48. The van der Waals surface area contributed by atoms with Crippen LogP contribution in [0.1, 0.15) is 38.8 Å². The summed E-state index contributed by atoms with van der Waals surface area (Å²) in [5, 5.41) is 0. The summed E-state index contributed by atoms with van der Waals surface area (Å²) in [5.74, 6) is 2.00. The van der Waals surface area contributed by atoms with Gasteiger partial charge in [-0.25, -0.2) is 15.0 Å². The van der Waals surface area contributed by atoms with Crippen molar-refractivity contribution in [1.82, 2.24) is 15.0 Å². The highest BCUT2D eigenvalue weighted by atomic mass is 15.0. The Hall–Kier alpha value is -4.89. The number of fused-ring (bicyclic) bond motifs is 3. The molecule has 1 aliphatic carbocycles. The number of benzene rings is 5. The molecule has 0 unspecified atom stereocenters. The molecule has 3 heteroatoms. The van der Waals surface area contributed by atoms with Crippen molar-refractivity contribution in [2.24, 2.45) is 0 Å². The number of aromatic nitrogens is 3. The normalized spacial score (nSPS) is 14.6. The third kappa shape index (κ3) is 4.16. The minimum atomic E-state index is -0.0479. The molecule has 6 aromatic rings. The highest BCUT2D eigenvalue weighted by Gasteiger charge is 2.46. The Morgan fingerprint density at radius 1 is 0.381 bits per heavy atom. The maximum Gasteiger partial charge on any atom is 0.164 e. The summed E-state index contributed by atoms with van der Waals surface area (Å²) < 4.78 is 0. The first-order valence-electron chi connectivity index (χ1n) is 14.6. The van der Waals surface area contributed by atoms with Crippen molar-refractivity contribution in [1.29, 1.82) is 0 Å². The predicted octanol–water partition coefficient (Wildman–Crippen LogP) is 9.78. The molecule has 0 spiro atoms. The third-order valence-electron chi connectivity index (χ3n) is 9.30. The van der Waals surface area contributed by atoms with Gasteiger partial charge in [0.25, 0.3) is 0 Å². The van der Waals surface area contributed by atoms with E-state index in [0.717, 1.165) is 22.3 Å². The van der Waals surface area contributed by atoms with Gasteiger partial charge in [0.15, 0.2) is 17.5 Å². The van der Waals surface area contributed by atoms with Crippen molar-refractivity contribution in [3.05, 3.63) is 139 Å². The van der Waals surface area contributed by atoms with Gasteiger partial charge in [0.2, 0.25) is 0 Å². The molecule has 5 aromatic carbocycles. The lowest BCUT2D eigenvalue weighted by atomic mass is 9.55. The van der Waals surface area contributed by atoms with Crippen molar-refractivity contribution in [3.63, 3.8) is 0 Å². The van der Waals surface area contributed by atoms with Gasteiger partial charge in [-0.3, -0.25) is 0 Å². The van der Waals surface area contributed by atoms with E-state index in [-0.39, 0.29) is 10.8 Å². The zero-order valence-electron chi connectivity index (χ0n) is 24.5. The van der Waals surface area contributed by atoms with Crippen LogP contribution in [0.5, 0.6) is 0 Å². The minimum Gasteiger partial charge on any atom is -0.208 e. The largest absolute Gasteiger partial charge is 0.208 e. The molecule has 204 valence electrons. The van der Waals surface area contributed by atoms with E-state index >= 15 is 0 Å². The standard InChI is InChI=1S/C39H33N3/c1-38(2)32-23-12-11-21-31(32)34-30(22-14-24-33(34)39(38,3)4)28-19-13-20-29(25-28)37-41-35(26-15-7-5-8-16-26)40-36(42-37)27-17-9-6-10-18-27/h5-25H,1-4H3. The van der Waals surface area contributed by atoms with Crippen LogP contribution in [-0.2, 0) is 10.8 Å². The van der Waals surface area contributed by atoms with Crippen LogP contribution >= 0.6 is 0 Å². The molecule has 0 bridgehead atoms. The number of nitrogens with zero attached hydrogens (tertiary/aromatic N) is 3. The van der Waals surface area contributed by atoms with Crippen LogP contribution in [0.3, 0.4) is 0 Å². The Kier molecular flexibility index (Phi) is 6.13. The molecule has 0 fully saturated rings. The second-order valence-corrected chi connectivity index (χ2v) is 12.1. The summed E-state index contributed by atoms with van der Waals surface area (Å²) in [5.41, 5.74) is 10.6. The van der Waals surface area contributed by atoms with Gasteiger partial charge in [-0.05, 0) is 50.3 Å². The molecule has 1 aliphatic rings. The van der Waals surface area contributed by atoms with E-state index in [2.05, 4.69) is 94.4 Å². The van der Waals surface area contributed by atoms with Crippen LogP contribution < -0.4 is 0 Å². The van der Waals surface area contributed by atoms with Gasteiger partial charge >= 0.3 is 0 Å². The Labute approximate surface area is 248 Å². The van der Waals surface area contributed by atoms with Gasteiger partial charge < -0.3 is 0 Å². The average molecular weight is 544 g/mol. The van der Waals surface area contributed by atoms with E-state index in [1.165, 1.54) is 27.8 Å². The number of hydrogen-bond acceptors (Lipinski definition) is 3. The lowest BCUT2D eigenvalue weighted by molar-refractivity contribution is 0.299. The highest BCUT2D eigenvalue weighted by Crippen LogP contribution is 2.55. The summed E-state index contributed by atoms with van der Waals surface area (Å²) in [6, 6.07) is 44.6. The van der Waals surface area contributed by atoms with Gasteiger partial charge in [0.1, 0.15) is 0 Å². The zero-order chi connectivity index (χ0) is 28.9. The van der Waals surface area contributed by atoms with Gasteiger partial charge in [-0.1, -0.05) is 149 Å². The van der Waals surface area contributed by atoms with Gasteiger partial charge in [0, 0.05) is 16.7 Å². The molecule has 0 amide bonds. The lowest BCUT2D eigenvalue weighted by Crippen LogP contribution is -2.43. The summed E-state index contributed by atoms with van der Waals surface area (Å²) >= 11 is 0. The van der Waals surface area contributed by atoms with E-state index in [4.69, 9.17) is 15.0 Å². The van der Waals surface area contributed by atoms with Gasteiger partial charge in [-0.2, -0.15) is 0 Å². The molecule has 0 N–H and O–H groups in total. The van der Waals surface area contributed by atoms with E-state index < -0.39 is 0 Å². The van der Waals surface area contributed by atoms with Crippen molar-refractivity contribution in [2.45, 2.75) is 38.5 Å². The summed E-state index contributed by atoms with van der Waals surface area (Å²) in [6.07, 6.45) is 0. The molecule has 0 atom stereocenters. The molecule has 42 heavy (non-hydrogen) atoms. The van der Waals surface area contributed by atoms with Crippen molar-refractivity contribution < 1.29 is 0 Å². The maximum absolute atomic E-state index is 4.98. The molecule has 0 aliphatic heterocycles. The van der Waals surface area contributed by atoms with Crippen LogP contribution in [0.25, 0.3) is 56.4 Å². The van der Waals surface area contributed by atoms with Crippen LogP contribution in [-0.4, -0.2) is 15.0 Å². The van der Waals surface area contributed by atoms with E-state index in [1.807, 2.05) is 60.7 Å². The Morgan fingerprint density at radius 2 is 0.810 bits per heavy atom. The molecular weight excluding hydrogens is 510 g/mol. The van der Waals surface area contributed by atoms with Gasteiger partial charge in [-0.15, -0.1) is 0 Å². The third-order valence-corrected chi connectivity index (χ3v) is 9.30. The molecule has 1 aromatic heterocycles. The fourth-order valence-corrected chi connectivity index (χ4v) is 6.29. The fourth-order valence-electron chi connectivity index (χ4n) is 6.29. The SMILES string of the molecule is CC1(C)c2ccccc2-c2c(-c3cccc(-c4nc(-c5ccccc5)nc(-c5ccccc5)n4)c3)cccc2C1(C)C. The summed E-state index contributed by atoms with van der Waals surface area (Å²) in [6.45, 7) is 9.50. The van der Waals surface area contributed by atoms with E-state index in [1.54, 1.807) is 0 Å². The molecule has 7 rings (SSSR count). The quantitative estimate of drug-likeness (QED) is 0.222. The predicted molar refractivity (Wildman–Crippen MR) is 173 cm³/mol. The molecular formula is C39H33N3. The Balaban J connectivity index is 1.42. The first kappa shape index (κ1) is 26.0. The monoisotopic (exact) mass is 543 g/mol. The Bertz CT molecular complexity index is 1860. The average Bonchev–Trinajstić information content (AvgIpc) is 3.04. The smallest absolute Gasteiger partial charge is 0.164 e.